The van der Waals surface area contributed by atoms with Crippen LogP contribution in [0.25, 0.3) is 0 Å². The molecule has 0 aliphatic heterocycles. The van der Waals surface area contributed by atoms with Crippen LogP contribution in [0, 0.1) is 0 Å². The summed E-state index contributed by atoms with van der Waals surface area (Å²) in [5, 5.41) is 22.8. The summed E-state index contributed by atoms with van der Waals surface area (Å²) in [5.41, 5.74) is 0. The van der Waals surface area contributed by atoms with Gasteiger partial charge in [0.2, 0.25) is 0 Å². The third-order valence-electron chi connectivity index (χ3n) is 0.725. The molecule has 0 spiro atoms. The molecule has 0 bridgehead atoms. The predicted octanol–water partition coefficient (Wildman–Crippen LogP) is 0.359. The van der Waals surface area contributed by atoms with Gasteiger partial charge < -0.3 is 15.3 Å². The fraction of sp³-hybridized carbons (Fsp3) is 0.125. The Morgan fingerprint density at radius 3 is 1.57 bits per heavy atom. The van der Waals surface area contributed by atoms with Crippen molar-refractivity contribution in [2.24, 2.45) is 0 Å². The summed E-state index contributed by atoms with van der Waals surface area (Å²) in [5.74, 6) is -4.56. The smallest absolute Gasteiger partial charge is 0.414 e. The van der Waals surface area contributed by atoms with Gasteiger partial charge in [-0.3, -0.25) is 0 Å². The number of hydrogen-bond donors (Lipinski definition) is 3. The van der Waals surface area contributed by atoms with Gasteiger partial charge in [0, 0.05) is 6.08 Å². The van der Waals surface area contributed by atoms with Crippen LogP contribution in [0.2, 0.25) is 0 Å². The van der Waals surface area contributed by atoms with Gasteiger partial charge >= 0.3 is 17.9 Å². The second kappa shape index (κ2) is 8.98. The first-order chi connectivity index (χ1) is 6.41. The van der Waals surface area contributed by atoms with Gasteiger partial charge in [0.05, 0.1) is 0 Å². The van der Waals surface area contributed by atoms with Crippen LogP contribution < -0.4 is 0 Å². The van der Waals surface area contributed by atoms with Crippen molar-refractivity contribution in [2.45, 2.75) is 6.92 Å². The molecular weight excluding hydrogens is 192 g/mol. The lowest BCUT2D eigenvalue weighted by Gasteiger charge is -1.72. The minimum atomic E-state index is -1.82. The zero-order valence-electron chi connectivity index (χ0n) is 7.38. The molecule has 3 N–H and O–H groups in total. The summed E-state index contributed by atoms with van der Waals surface area (Å²) in [6.45, 7) is 1.83. The van der Waals surface area contributed by atoms with Crippen LogP contribution in [0.3, 0.4) is 0 Å². The average molecular weight is 202 g/mol. The first-order valence-corrected chi connectivity index (χ1v) is 3.40. The van der Waals surface area contributed by atoms with Gasteiger partial charge in [-0.25, -0.2) is 14.4 Å². The van der Waals surface area contributed by atoms with Crippen LogP contribution in [0.15, 0.2) is 24.3 Å². The lowest BCUT2D eigenvalue weighted by molar-refractivity contribution is -0.159. The number of carbonyl (C=O) groups is 3. The van der Waals surface area contributed by atoms with E-state index >= 15 is 0 Å². The molecule has 0 aromatic rings. The van der Waals surface area contributed by atoms with Gasteiger partial charge in [0.15, 0.2) is 0 Å². The highest BCUT2D eigenvalue weighted by molar-refractivity contribution is 6.27. The van der Waals surface area contributed by atoms with E-state index in [1.165, 1.54) is 6.08 Å². The minimum absolute atomic E-state index is 0.914. The lowest BCUT2D eigenvalue weighted by atomic mass is 10.4. The van der Waals surface area contributed by atoms with Gasteiger partial charge in [0.1, 0.15) is 0 Å². The van der Waals surface area contributed by atoms with Gasteiger partial charge in [-0.05, 0) is 6.92 Å². The fourth-order valence-electron chi connectivity index (χ4n) is 0.249. The zero-order chi connectivity index (χ0) is 11.6. The van der Waals surface area contributed by atoms with Crippen LogP contribution >= 0.6 is 0 Å². The summed E-state index contributed by atoms with van der Waals surface area (Å²) in [7, 11) is 0. The number of hydrogen-bond acceptors (Lipinski definition) is 3. The molecule has 0 saturated heterocycles. The van der Waals surface area contributed by atoms with Crippen molar-refractivity contribution in [3.05, 3.63) is 24.3 Å². The molecule has 0 aromatic heterocycles. The molecular formula is C8H10O6. The number of allylic oxidation sites excluding steroid dienone is 3. The summed E-state index contributed by atoms with van der Waals surface area (Å²) in [6, 6.07) is 0. The molecule has 0 atom stereocenters. The van der Waals surface area contributed by atoms with Crippen molar-refractivity contribution >= 4 is 17.9 Å². The maximum Gasteiger partial charge on any atom is 0.414 e. The minimum Gasteiger partial charge on any atom is -0.478 e. The molecule has 0 aromatic carbocycles. The van der Waals surface area contributed by atoms with E-state index in [4.69, 9.17) is 24.9 Å². The Labute approximate surface area is 79.8 Å². The standard InChI is InChI=1S/C6H8O2.C2H2O4/c1-2-3-4-5-6(7)8;3-1(4)2(5)6/h2-5H,1H3,(H,7,8);(H,3,4)(H,5,6)/b3-2+,5-4+;. The molecule has 0 fully saturated rings. The second-order valence-electron chi connectivity index (χ2n) is 1.83. The van der Waals surface area contributed by atoms with E-state index in [1.807, 2.05) is 6.92 Å². The van der Waals surface area contributed by atoms with Crippen LogP contribution in [-0.2, 0) is 14.4 Å². The third-order valence-corrected chi connectivity index (χ3v) is 0.725. The van der Waals surface area contributed by atoms with E-state index in [2.05, 4.69) is 0 Å². The molecule has 0 heterocycles. The van der Waals surface area contributed by atoms with Gasteiger partial charge in [-0.15, -0.1) is 0 Å². The molecule has 0 radical (unpaired) electrons. The van der Waals surface area contributed by atoms with Gasteiger partial charge in [-0.1, -0.05) is 18.2 Å². The average Bonchev–Trinajstić information content (AvgIpc) is 2.05. The first-order valence-electron chi connectivity index (χ1n) is 3.40. The van der Waals surface area contributed by atoms with Crippen molar-refractivity contribution in [2.75, 3.05) is 0 Å². The molecule has 0 rings (SSSR count). The Kier molecular flexibility index (Phi) is 9.25. The highest BCUT2D eigenvalue weighted by Gasteiger charge is 2.04. The number of carboxylic acids is 3. The normalized spacial score (nSPS) is 9.50. The van der Waals surface area contributed by atoms with E-state index in [0.29, 0.717) is 0 Å². The monoisotopic (exact) mass is 202 g/mol. The van der Waals surface area contributed by atoms with Crippen molar-refractivity contribution in [3.63, 3.8) is 0 Å². The van der Waals surface area contributed by atoms with E-state index < -0.39 is 17.9 Å². The van der Waals surface area contributed by atoms with E-state index in [0.717, 1.165) is 6.08 Å². The SMILES string of the molecule is C/C=C/C=C/C(=O)O.O=C(O)C(=O)O. The summed E-state index contributed by atoms with van der Waals surface area (Å²) >= 11 is 0. The van der Waals surface area contributed by atoms with Crippen LogP contribution in [-0.4, -0.2) is 33.2 Å². The Morgan fingerprint density at radius 1 is 0.929 bits per heavy atom. The molecule has 0 saturated carbocycles. The Balaban J connectivity index is 0. The third kappa shape index (κ3) is 16.5. The van der Waals surface area contributed by atoms with Crippen molar-refractivity contribution in [1.82, 2.24) is 0 Å². The van der Waals surface area contributed by atoms with Crippen molar-refractivity contribution < 1.29 is 29.7 Å². The molecule has 14 heavy (non-hydrogen) atoms. The summed E-state index contributed by atoms with van der Waals surface area (Å²) in [4.78, 5) is 28.0. The second-order valence-corrected chi connectivity index (χ2v) is 1.83. The lowest BCUT2D eigenvalue weighted by Crippen LogP contribution is -2.09. The number of carboxylic acid groups (broad SMARTS) is 3. The highest BCUT2D eigenvalue weighted by Crippen LogP contribution is 1.74. The maximum absolute atomic E-state index is 9.75. The van der Waals surface area contributed by atoms with E-state index in [-0.39, 0.29) is 0 Å². The molecule has 0 amide bonds. The molecule has 0 aliphatic rings. The molecule has 78 valence electrons. The molecule has 0 unspecified atom stereocenters. The van der Waals surface area contributed by atoms with Crippen molar-refractivity contribution in [1.29, 1.82) is 0 Å². The number of aliphatic carboxylic acids is 3. The quantitative estimate of drug-likeness (QED) is 0.338. The number of rotatable bonds is 2. The molecule has 0 aliphatic carbocycles. The van der Waals surface area contributed by atoms with Gasteiger partial charge in [0.25, 0.3) is 0 Å². The molecule has 6 heteroatoms. The van der Waals surface area contributed by atoms with Gasteiger partial charge in [-0.2, -0.15) is 0 Å². The topological polar surface area (TPSA) is 112 Å². The maximum atomic E-state index is 9.75. The van der Waals surface area contributed by atoms with Crippen LogP contribution in [0.4, 0.5) is 0 Å². The van der Waals surface area contributed by atoms with E-state index in [9.17, 15) is 4.79 Å². The largest absolute Gasteiger partial charge is 0.478 e. The predicted molar refractivity (Wildman–Crippen MR) is 46.9 cm³/mol. The first kappa shape index (κ1) is 14.4. The summed E-state index contributed by atoms with van der Waals surface area (Å²) in [6.07, 6.45) is 5.98. The van der Waals surface area contributed by atoms with E-state index in [1.54, 1.807) is 12.2 Å². The molecule has 6 nitrogen and oxygen atoms in total. The summed E-state index contributed by atoms with van der Waals surface area (Å²) < 4.78 is 0. The Morgan fingerprint density at radius 2 is 1.36 bits per heavy atom. The van der Waals surface area contributed by atoms with Crippen LogP contribution in [0.5, 0.6) is 0 Å². The highest BCUT2D eigenvalue weighted by atomic mass is 16.4. The van der Waals surface area contributed by atoms with Crippen LogP contribution in [0.1, 0.15) is 6.92 Å². The van der Waals surface area contributed by atoms with Crippen molar-refractivity contribution in [3.8, 4) is 0 Å². The Bertz CT molecular complexity index is 251. The fourth-order valence-corrected chi connectivity index (χ4v) is 0.249. The zero-order valence-corrected chi connectivity index (χ0v) is 7.38. The Hall–Kier alpha value is -2.11.